The smallest absolute Gasteiger partial charge is 0.255 e. The molecule has 0 saturated carbocycles. The Morgan fingerprint density at radius 3 is 2.61 bits per heavy atom. The van der Waals surface area contributed by atoms with E-state index in [-0.39, 0.29) is 12.0 Å². The summed E-state index contributed by atoms with van der Waals surface area (Å²) in [6.07, 6.45) is 1.39. The van der Waals surface area contributed by atoms with Gasteiger partial charge in [-0.25, -0.2) is 0 Å². The molecule has 6 heteroatoms. The van der Waals surface area contributed by atoms with Crippen LogP contribution in [0.3, 0.4) is 0 Å². The summed E-state index contributed by atoms with van der Waals surface area (Å²) in [5.74, 6) is -0.177. The Kier molecular flexibility index (Phi) is 4.04. The molecule has 0 spiro atoms. The average molecular weight is 330 g/mol. The standard InChI is InChI=1S/C17H12ClNO4/c18-11-3-1-10(2-4-11)14-8-23-15-7-12(22-9-16(19)20)5-6-13(15)17(14)21/h1-8H,9H2,(H2,19,20). The van der Waals surface area contributed by atoms with Crippen molar-refractivity contribution in [3.05, 3.63) is 64.0 Å². The van der Waals surface area contributed by atoms with Crippen molar-refractivity contribution < 1.29 is 13.9 Å². The van der Waals surface area contributed by atoms with Crippen molar-refractivity contribution in [1.29, 1.82) is 0 Å². The maximum Gasteiger partial charge on any atom is 0.255 e. The zero-order chi connectivity index (χ0) is 16.4. The first kappa shape index (κ1) is 15.1. The molecular weight excluding hydrogens is 318 g/mol. The second-order valence-electron chi connectivity index (χ2n) is 4.90. The summed E-state index contributed by atoms with van der Waals surface area (Å²) in [6, 6.07) is 11.7. The SMILES string of the molecule is NC(=O)COc1ccc2c(=O)c(-c3ccc(Cl)cc3)coc2c1. The first-order valence-corrected chi connectivity index (χ1v) is 7.15. The van der Waals surface area contributed by atoms with Gasteiger partial charge < -0.3 is 14.9 Å². The molecule has 23 heavy (non-hydrogen) atoms. The highest BCUT2D eigenvalue weighted by molar-refractivity contribution is 6.30. The number of primary amides is 1. The van der Waals surface area contributed by atoms with Crippen LogP contribution in [0.15, 0.2) is 57.9 Å². The molecule has 0 aliphatic carbocycles. The van der Waals surface area contributed by atoms with E-state index in [4.69, 9.17) is 26.5 Å². The second kappa shape index (κ2) is 6.14. The molecule has 1 heterocycles. The van der Waals surface area contributed by atoms with Crippen LogP contribution in [0, 0.1) is 0 Å². The molecule has 0 atom stereocenters. The van der Waals surface area contributed by atoms with E-state index in [9.17, 15) is 9.59 Å². The highest BCUT2D eigenvalue weighted by Gasteiger charge is 2.10. The first-order valence-electron chi connectivity index (χ1n) is 6.77. The molecule has 5 nitrogen and oxygen atoms in total. The number of carbonyl (C=O) groups is 1. The number of ether oxygens (including phenoxy) is 1. The minimum Gasteiger partial charge on any atom is -0.484 e. The van der Waals surface area contributed by atoms with Gasteiger partial charge in [-0.1, -0.05) is 23.7 Å². The van der Waals surface area contributed by atoms with E-state index in [1.165, 1.54) is 6.26 Å². The molecule has 0 aliphatic heterocycles. The number of carbonyl (C=O) groups excluding carboxylic acids is 1. The first-order chi connectivity index (χ1) is 11.0. The molecule has 3 aromatic rings. The minimum absolute atomic E-state index is 0.157. The van der Waals surface area contributed by atoms with Gasteiger partial charge in [0.15, 0.2) is 12.0 Å². The number of rotatable bonds is 4. The van der Waals surface area contributed by atoms with Crippen LogP contribution in [0.25, 0.3) is 22.1 Å². The normalized spacial score (nSPS) is 10.7. The van der Waals surface area contributed by atoms with Crippen molar-refractivity contribution >= 4 is 28.5 Å². The summed E-state index contributed by atoms with van der Waals surface area (Å²) < 4.78 is 10.7. The molecule has 2 N–H and O–H groups in total. The molecule has 2 aromatic carbocycles. The molecule has 0 fully saturated rings. The van der Waals surface area contributed by atoms with Crippen LogP contribution in [0.5, 0.6) is 5.75 Å². The van der Waals surface area contributed by atoms with Gasteiger partial charge in [0, 0.05) is 11.1 Å². The highest BCUT2D eigenvalue weighted by Crippen LogP contribution is 2.24. The van der Waals surface area contributed by atoms with Gasteiger partial charge in [-0.2, -0.15) is 0 Å². The summed E-state index contributed by atoms with van der Waals surface area (Å²) in [5, 5.41) is 1.01. The predicted octanol–water partition coefficient (Wildman–Crippen LogP) is 2.98. The van der Waals surface area contributed by atoms with Crippen molar-refractivity contribution in [3.63, 3.8) is 0 Å². The number of hydrogen-bond donors (Lipinski definition) is 1. The van der Waals surface area contributed by atoms with Crippen LogP contribution >= 0.6 is 11.6 Å². The quantitative estimate of drug-likeness (QED) is 0.797. The van der Waals surface area contributed by atoms with E-state index in [1.807, 2.05) is 0 Å². The van der Waals surface area contributed by atoms with E-state index in [0.717, 1.165) is 5.56 Å². The van der Waals surface area contributed by atoms with E-state index in [0.29, 0.717) is 27.3 Å². The number of benzene rings is 2. The highest BCUT2D eigenvalue weighted by atomic mass is 35.5. The lowest BCUT2D eigenvalue weighted by Gasteiger charge is -2.06. The largest absolute Gasteiger partial charge is 0.484 e. The second-order valence-corrected chi connectivity index (χ2v) is 5.33. The molecule has 116 valence electrons. The monoisotopic (exact) mass is 329 g/mol. The number of fused-ring (bicyclic) bond motifs is 1. The Bertz CT molecular complexity index is 931. The Morgan fingerprint density at radius 2 is 1.91 bits per heavy atom. The van der Waals surface area contributed by atoms with E-state index >= 15 is 0 Å². The van der Waals surface area contributed by atoms with Crippen LogP contribution in [0.2, 0.25) is 5.02 Å². The summed E-state index contributed by atoms with van der Waals surface area (Å²) in [6.45, 7) is -0.238. The lowest BCUT2D eigenvalue weighted by molar-refractivity contribution is -0.119. The molecule has 0 saturated heterocycles. The van der Waals surface area contributed by atoms with Gasteiger partial charge in [-0.3, -0.25) is 9.59 Å². The Labute approximate surface area is 136 Å². The Hall–Kier alpha value is -2.79. The predicted molar refractivity (Wildman–Crippen MR) is 87.6 cm³/mol. The van der Waals surface area contributed by atoms with Gasteiger partial charge in [0.2, 0.25) is 0 Å². The van der Waals surface area contributed by atoms with Crippen molar-refractivity contribution in [2.75, 3.05) is 6.61 Å². The van der Waals surface area contributed by atoms with Crippen LogP contribution in [0.1, 0.15) is 0 Å². The van der Waals surface area contributed by atoms with Gasteiger partial charge >= 0.3 is 0 Å². The third kappa shape index (κ3) is 3.19. The zero-order valence-corrected chi connectivity index (χ0v) is 12.7. The Balaban J connectivity index is 2.02. The van der Waals surface area contributed by atoms with Crippen molar-refractivity contribution in [2.24, 2.45) is 5.73 Å². The Morgan fingerprint density at radius 1 is 1.17 bits per heavy atom. The van der Waals surface area contributed by atoms with E-state index in [2.05, 4.69) is 0 Å². The molecule has 0 radical (unpaired) electrons. The average Bonchev–Trinajstić information content (AvgIpc) is 2.54. The van der Waals surface area contributed by atoms with Gasteiger partial charge in [0.05, 0.1) is 10.9 Å². The number of halogens is 1. The van der Waals surface area contributed by atoms with E-state index < -0.39 is 5.91 Å². The fraction of sp³-hybridized carbons (Fsp3) is 0.0588. The molecule has 0 unspecified atom stereocenters. The van der Waals surface area contributed by atoms with Gasteiger partial charge in [-0.05, 0) is 29.8 Å². The van der Waals surface area contributed by atoms with Crippen LogP contribution < -0.4 is 15.9 Å². The molecule has 0 aliphatic rings. The van der Waals surface area contributed by atoms with Crippen molar-refractivity contribution in [2.45, 2.75) is 0 Å². The van der Waals surface area contributed by atoms with E-state index in [1.54, 1.807) is 42.5 Å². The molecule has 3 rings (SSSR count). The summed E-state index contributed by atoms with van der Waals surface area (Å²) in [7, 11) is 0. The van der Waals surface area contributed by atoms with Gasteiger partial charge in [0.25, 0.3) is 5.91 Å². The number of nitrogens with two attached hydrogens (primary N) is 1. The lowest BCUT2D eigenvalue weighted by Crippen LogP contribution is -2.20. The molecular formula is C17H12ClNO4. The minimum atomic E-state index is -0.579. The van der Waals surface area contributed by atoms with Crippen LogP contribution in [-0.4, -0.2) is 12.5 Å². The number of amides is 1. The van der Waals surface area contributed by atoms with Crippen molar-refractivity contribution in [3.8, 4) is 16.9 Å². The molecule has 1 amide bonds. The summed E-state index contributed by atoms with van der Waals surface area (Å²) >= 11 is 5.85. The molecule has 1 aromatic heterocycles. The molecule has 0 bridgehead atoms. The topological polar surface area (TPSA) is 82.5 Å². The van der Waals surface area contributed by atoms with Crippen LogP contribution in [0.4, 0.5) is 0 Å². The van der Waals surface area contributed by atoms with Crippen LogP contribution in [-0.2, 0) is 4.79 Å². The van der Waals surface area contributed by atoms with Gasteiger partial charge in [-0.15, -0.1) is 0 Å². The third-order valence-electron chi connectivity index (χ3n) is 3.28. The zero-order valence-electron chi connectivity index (χ0n) is 11.9. The fourth-order valence-corrected chi connectivity index (χ4v) is 2.31. The maximum absolute atomic E-state index is 12.6. The maximum atomic E-state index is 12.6. The van der Waals surface area contributed by atoms with Crippen molar-refractivity contribution in [1.82, 2.24) is 0 Å². The fourth-order valence-electron chi connectivity index (χ4n) is 2.18. The summed E-state index contributed by atoms with van der Waals surface area (Å²) in [5.41, 5.74) is 6.40. The van der Waals surface area contributed by atoms with Gasteiger partial charge in [0.1, 0.15) is 17.6 Å². The third-order valence-corrected chi connectivity index (χ3v) is 3.53. The summed E-state index contributed by atoms with van der Waals surface area (Å²) in [4.78, 5) is 23.3. The number of hydrogen-bond acceptors (Lipinski definition) is 4. The lowest BCUT2D eigenvalue weighted by atomic mass is 10.1.